The van der Waals surface area contributed by atoms with Gasteiger partial charge in [0.1, 0.15) is 11.6 Å². The van der Waals surface area contributed by atoms with Crippen molar-refractivity contribution in [1.29, 1.82) is 0 Å². The maximum atomic E-state index is 13.6. The third kappa shape index (κ3) is 5.51. The highest BCUT2D eigenvalue weighted by molar-refractivity contribution is 8.00. The standard InChI is InChI=1S/C24H20F4N2O3S/c1-32-22-9-17(25)2-3-21(22)20-4-5-29-10-15(20)11-30-23(31)14-6-16(24(26,27)28)8-18(7-14)34-19-12-33-13-19/h2-10,19H,11-13H2,1H3,(H,30,31). The van der Waals surface area contributed by atoms with Crippen LogP contribution < -0.4 is 10.1 Å². The van der Waals surface area contributed by atoms with Crippen molar-refractivity contribution in [3.63, 3.8) is 0 Å². The molecule has 0 radical (unpaired) electrons. The highest BCUT2D eigenvalue weighted by atomic mass is 32.2. The van der Waals surface area contributed by atoms with Gasteiger partial charge in [0.15, 0.2) is 0 Å². The van der Waals surface area contributed by atoms with Crippen molar-refractivity contribution in [1.82, 2.24) is 10.3 Å². The Morgan fingerprint density at radius 3 is 2.65 bits per heavy atom. The van der Waals surface area contributed by atoms with Crippen molar-refractivity contribution < 1.29 is 31.8 Å². The smallest absolute Gasteiger partial charge is 0.416 e. The van der Waals surface area contributed by atoms with E-state index in [1.807, 2.05) is 0 Å². The van der Waals surface area contributed by atoms with Gasteiger partial charge in [-0.1, -0.05) is 0 Å². The van der Waals surface area contributed by atoms with Crippen LogP contribution in [0.15, 0.2) is 59.8 Å². The van der Waals surface area contributed by atoms with E-state index in [-0.39, 0.29) is 17.4 Å². The Labute approximate surface area is 197 Å². The minimum Gasteiger partial charge on any atom is -0.496 e. The van der Waals surface area contributed by atoms with Crippen molar-refractivity contribution in [2.75, 3.05) is 20.3 Å². The molecule has 1 aromatic heterocycles. The monoisotopic (exact) mass is 492 g/mol. The number of hydrogen-bond donors (Lipinski definition) is 1. The zero-order chi connectivity index (χ0) is 24.3. The van der Waals surface area contributed by atoms with E-state index < -0.39 is 23.5 Å². The summed E-state index contributed by atoms with van der Waals surface area (Å²) >= 11 is 1.25. The number of nitrogens with one attached hydrogen (secondary N) is 1. The van der Waals surface area contributed by atoms with E-state index in [2.05, 4.69) is 10.3 Å². The van der Waals surface area contributed by atoms with E-state index in [1.54, 1.807) is 18.3 Å². The van der Waals surface area contributed by atoms with E-state index in [1.165, 1.54) is 43.3 Å². The molecule has 10 heteroatoms. The number of aromatic nitrogens is 1. The molecule has 178 valence electrons. The number of alkyl halides is 3. The summed E-state index contributed by atoms with van der Waals surface area (Å²) in [6, 6.07) is 9.10. The number of halogens is 4. The molecule has 2 aromatic carbocycles. The van der Waals surface area contributed by atoms with Gasteiger partial charge in [0.2, 0.25) is 0 Å². The van der Waals surface area contributed by atoms with Gasteiger partial charge in [-0.05, 0) is 47.5 Å². The maximum absolute atomic E-state index is 13.6. The number of nitrogens with zero attached hydrogens (tertiary/aromatic N) is 1. The van der Waals surface area contributed by atoms with Crippen LogP contribution in [0.25, 0.3) is 11.1 Å². The van der Waals surface area contributed by atoms with E-state index in [0.717, 1.165) is 12.1 Å². The van der Waals surface area contributed by atoms with Gasteiger partial charge < -0.3 is 14.8 Å². The average Bonchev–Trinajstić information content (AvgIpc) is 2.79. The van der Waals surface area contributed by atoms with Crippen molar-refractivity contribution in [3.05, 3.63) is 77.4 Å². The van der Waals surface area contributed by atoms with E-state index in [4.69, 9.17) is 9.47 Å². The van der Waals surface area contributed by atoms with Crippen LogP contribution >= 0.6 is 11.8 Å². The Balaban J connectivity index is 1.57. The van der Waals surface area contributed by atoms with Crippen LogP contribution in [-0.2, 0) is 17.5 Å². The number of ether oxygens (including phenoxy) is 2. The fourth-order valence-corrected chi connectivity index (χ4v) is 4.54. The predicted octanol–water partition coefficient (Wildman–Crippen LogP) is 5.34. The lowest BCUT2D eigenvalue weighted by molar-refractivity contribution is -0.137. The van der Waals surface area contributed by atoms with Crippen LogP contribution in [0, 0.1) is 5.82 Å². The zero-order valence-corrected chi connectivity index (χ0v) is 18.8. The molecule has 0 unspecified atom stereocenters. The quantitative estimate of drug-likeness (QED) is 0.452. The highest BCUT2D eigenvalue weighted by Gasteiger charge is 2.32. The third-order valence-corrected chi connectivity index (χ3v) is 6.32. The van der Waals surface area contributed by atoms with Gasteiger partial charge >= 0.3 is 6.18 Å². The molecular formula is C24H20F4N2O3S. The molecule has 0 aliphatic carbocycles. The van der Waals surface area contributed by atoms with Crippen LogP contribution in [0.3, 0.4) is 0 Å². The Morgan fingerprint density at radius 2 is 1.97 bits per heavy atom. The Bertz CT molecular complexity index is 1200. The number of carbonyl (C=O) groups is 1. The lowest BCUT2D eigenvalue weighted by Crippen LogP contribution is -2.30. The zero-order valence-electron chi connectivity index (χ0n) is 18.0. The fourth-order valence-electron chi connectivity index (χ4n) is 3.43. The highest BCUT2D eigenvalue weighted by Crippen LogP contribution is 2.36. The largest absolute Gasteiger partial charge is 0.496 e. The molecule has 4 rings (SSSR count). The van der Waals surface area contributed by atoms with Gasteiger partial charge in [0.25, 0.3) is 5.91 Å². The van der Waals surface area contributed by atoms with Gasteiger partial charge in [0.05, 0.1) is 31.1 Å². The van der Waals surface area contributed by atoms with Crippen LogP contribution in [0.4, 0.5) is 17.6 Å². The molecule has 1 N–H and O–H groups in total. The van der Waals surface area contributed by atoms with Gasteiger partial charge in [-0.15, -0.1) is 11.8 Å². The predicted molar refractivity (Wildman–Crippen MR) is 119 cm³/mol. The number of hydrogen-bond acceptors (Lipinski definition) is 5. The molecule has 3 aromatic rings. The summed E-state index contributed by atoms with van der Waals surface area (Å²) in [5, 5.41) is 2.72. The molecule has 1 aliphatic heterocycles. The number of benzene rings is 2. The molecular weight excluding hydrogens is 472 g/mol. The Hall–Kier alpha value is -3.11. The second kappa shape index (κ2) is 10.0. The summed E-state index contributed by atoms with van der Waals surface area (Å²) in [7, 11) is 1.42. The number of thioether (sulfide) groups is 1. The number of rotatable bonds is 7. The first-order valence-electron chi connectivity index (χ1n) is 10.3. The number of methoxy groups -OCH3 is 1. The molecule has 5 nitrogen and oxygen atoms in total. The third-order valence-electron chi connectivity index (χ3n) is 5.20. The number of pyridine rings is 1. The molecule has 0 bridgehead atoms. The van der Waals surface area contributed by atoms with Crippen LogP contribution in [0.2, 0.25) is 0 Å². The summed E-state index contributed by atoms with van der Waals surface area (Å²) in [5.41, 5.74) is 0.853. The SMILES string of the molecule is COc1cc(F)ccc1-c1ccncc1CNC(=O)c1cc(SC2COC2)cc(C(F)(F)F)c1. The lowest BCUT2D eigenvalue weighted by atomic mass is 10.0. The maximum Gasteiger partial charge on any atom is 0.416 e. The topological polar surface area (TPSA) is 60.5 Å². The van der Waals surface area contributed by atoms with Crippen molar-refractivity contribution in [2.24, 2.45) is 0 Å². The molecule has 1 saturated heterocycles. The van der Waals surface area contributed by atoms with Gasteiger partial charge in [-0.2, -0.15) is 13.2 Å². The van der Waals surface area contributed by atoms with E-state index >= 15 is 0 Å². The summed E-state index contributed by atoms with van der Waals surface area (Å²) in [6.45, 7) is 0.913. The fraction of sp³-hybridized carbons (Fsp3) is 0.250. The molecule has 2 heterocycles. The first-order valence-corrected chi connectivity index (χ1v) is 11.1. The van der Waals surface area contributed by atoms with E-state index in [0.29, 0.717) is 40.5 Å². The second-order valence-electron chi connectivity index (χ2n) is 7.58. The summed E-state index contributed by atoms with van der Waals surface area (Å²) in [4.78, 5) is 17.3. The molecule has 1 fully saturated rings. The molecule has 1 aliphatic rings. The molecule has 34 heavy (non-hydrogen) atoms. The molecule has 0 saturated carbocycles. The first kappa shape index (κ1) is 24.0. The van der Waals surface area contributed by atoms with Crippen molar-refractivity contribution in [3.8, 4) is 16.9 Å². The summed E-state index contributed by atoms with van der Waals surface area (Å²) in [6.07, 6.45) is -1.51. The molecule has 0 spiro atoms. The summed E-state index contributed by atoms with van der Waals surface area (Å²) in [5.74, 6) is -0.812. The number of amides is 1. The minimum atomic E-state index is -4.59. The van der Waals surface area contributed by atoms with Crippen LogP contribution in [-0.4, -0.2) is 36.5 Å². The summed E-state index contributed by atoms with van der Waals surface area (Å²) < 4.78 is 64.2. The second-order valence-corrected chi connectivity index (χ2v) is 8.96. The van der Waals surface area contributed by atoms with E-state index in [9.17, 15) is 22.4 Å². The van der Waals surface area contributed by atoms with Gasteiger partial charge in [-0.25, -0.2) is 4.39 Å². The Kier molecular flexibility index (Phi) is 7.08. The normalized spacial score (nSPS) is 13.9. The Morgan fingerprint density at radius 1 is 1.18 bits per heavy atom. The van der Waals surface area contributed by atoms with Crippen molar-refractivity contribution in [2.45, 2.75) is 22.9 Å². The minimum absolute atomic E-state index is 0.00226. The van der Waals surface area contributed by atoms with Crippen molar-refractivity contribution >= 4 is 17.7 Å². The van der Waals surface area contributed by atoms with Crippen LogP contribution in [0.5, 0.6) is 5.75 Å². The number of carbonyl (C=O) groups excluding carboxylic acids is 1. The molecule has 1 amide bonds. The molecule has 0 atom stereocenters. The van der Waals surface area contributed by atoms with Gasteiger partial charge in [-0.3, -0.25) is 9.78 Å². The van der Waals surface area contributed by atoms with Gasteiger partial charge in [0, 0.05) is 41.0 Å². The first-order chi connectivity index (χ1) is 16.2. The average molecular weight is 492 g/mol. The van der Waals surface area contributed by atoms with Crippen LogP contribution in [0.1, 0.15) is 21.5 Å². The lowest BCUT2D eigenvalue weighted by Gasteiger charge is -2.25.